The normalized spacial score (nSPS) is 21.7. The molecule has 0 radical (unpaired) electrons. The number of nitrogens with two attached hydrogens (primary N) is 1. The molecule has 0 aliphatic heterocycles. The van der Waals surface area contributed by atoms with Crippen molar-refractivity contribution in [3.63, 3.8) is 0 Å². The first-order valence-corrected chi connectivity index (χ1v) is 7.24. The largest absolute Gasteiger partial charge is 0.389 e. The summed E-state index contributed by atoms with van der Waals surface area (Å²) >= 11 is 0. The molecule has 1 aliphatic carbocycles. The molecule has 3 N–H and O–H groups in total. The fourth-order valence-electron chi connectivity index (χ4n) is 2.79. The van der Waals surface area contributed by atoms with Crippen LogP contribution in [0, 0.1) is 0 Å². The van der Waals surface area contributed by atoms with E-state index in [-0.39, 0.29) is 0 Å². The fourth-order valence-corrected chi connectivity index (χ4v) is 2.79. The third-order valence-electron chi connectivity index (χ3n) is 4.39. The lowest BCUT2D eigenvalue weighted by Gasteiger charge is -2.32. The summed E-state index contributed by atoms with van der Waals surface area (Å²) in [7, 11) is 2.23. The third kappa shape index (κ3) is 4.94. The van der Waals surface area contributed by atoms with Crippen molar-refractivity contribution in [1.29, 1.82) is 0 Å². The van der Waals surface area contributed by atoms with Crippen molar-refractivity contribution in [1.82, 2.24) is 4.90 Å². The third-order valence-corrected chi connectivity index (χ3v) is 4.39. The molecule has 0 aromatic heterocycles. The molecular weight excluding hydrogens is 212 g/mol. The van der Waals surface area contributed by atoms with Crippen molar-refractivity contribution < 1.29 is 5.11 Å². The molecule has 1 fully saturated rings. The Morgan fingerprint density at radius 2 is 1.94 bits per heavy atom. The van der Waals surface area contributed by atoms with Gasteiger partial charge in [-0.05, 0) is 45.7 Å². The van der Waals surface area contributed by atoms with Crippen molar-refractivity contribution in [3.05, 3.63) is 0 Å². The van der Waals surface area contributed by atoms with Crippen LogP contribution in [0.1, 0.15) is 58.3 Å². The van der Waals surface area contributed by atoms with Crippen LogP contribution in [0.15, 0.2) is 0 Å². The maximum absolute atomic E-state index is 10.1. The second kappa shape index (κ2) is 7.34. The van der Waals surface area contributed by atoms with Gasteiger partial charge >= 0.3 is 0 Å². The molecule has 0 heterocycles. The monoisotopic (exact) mass is 242 g/mol. The minimum Gasteiger partial charge on any atom is -0.389 e. The molecule has 1 atom stereocenters. The Labute approximate surface area is 106 Å². The van der Waals surface area contributed by atoms with E-state index in [2.05, 4.69) is 11.9 Å². The molecule has 0 amide bonds. The second-order valence-electron chi connectivity index (χ2n) is 5.66. The van der Waals surface area contributed by atoms with Crippen molar-refractivity contribution in [2.75, 3.05) is 20.1 Å². The van der Waals surface area contributed by atoms with Gasteiger partial charge in [-0.2, -0.15) is 0 Å². The SMILES string of the molecule is CCC(O)(CN)CCCN(C)C1CCCCC1. The Balaban J connectivity index is 2.20. The summed E-state index contributed by atoms with van der Waals surface area (Å²) in [6, 6.07) is 0.774. The predicted molar refractivity (Wildman–Crippen MR) is 73.0 cm³/mol. The summed E-state index contributed by atoms with van der Waals surface area (Å²) in [5.41, 5.74) is 4.98. The summed E-state index contributed by atoms with van der Waals surface area (Å²) in [4.78, 5) is 2.48. The lowest BCUT2D eigenvalue weighted by Crippen LogP contribution is -2.39. The van der Waals surface area contributed by atoms with Crippen LogP contribution in [-0.2, 0) is 0 Å². The van der Waals surface area contributed by atoms with E-state index < -0.39 is 5.60 Å². The van der Waals surface area contributed by atoms with Gasteiger partial charge in [0.05, 0.1) is 5.60 Å². The zero-order valence-electron chi connectivity index (χ0n) is 11.6. The summed E-state index contributed by atoms with van der Waals surface area (Å²) in [5, 5.41) is 10.1. The number of nitrogens with zero attached hydrogens (tertiary/aromatic N) is 1. The van der Waals surface area contributed by atoms with E-state index in [1.165, 1.54) is 32.1 Å². The van der Waals surface area contributed by atoms with Crippen LogP contribution in [0.2, 0.25) is 0 Å². The highest BCUT2D eigenvalue weighted by atomic mass is 16.3. The van der Waals surface area contributed by atoms with Gasteiger partial charge in [0.1, 0.15) is 0 Å². The van der Waals surface area contributed by atoms with Crippen molar-refractivity contribution >= 4 is 0 Å². The van der Waals surface area contributed by atoms with E-state index in [1.807, 2.05) is 6.92 Å². The van der Waals surface area contributed by atoms with Crippen LogP contribution >= 0.6 is 0 Å². The van der Waals surface area contributed by atoms with Crippen LogP contribution in [0.5, 0.6) is 0 Å². The van der Waals surface area contributed by atoms with Crippen LogP contribution in [0.25, 0.3) is 0 Å². The quantitative estimate of drug-likeness (QED) is 0.719. The van der Waals surface area contributed by atoms with E-state index in [9.17, 15) is 5.11 Å². The summed E-state index contributed by atoms with van der Waals surface area (Å²) < 4.78 is 0. The van der Waals surface area contributed by atoms with Gasteiger partial charge in [-0.1, -0.05) is 26.2 Å². The molecule has 0 bridgehead atoms. The molecule has 102 valence electrons. The lowest BCUT2D eigenvalue weighted by atomic mass is 9.93. The average molecular weight is 242 g/mol. The second-order valence-corrected chi connectivity index (χ2v) is 5.66. The Bertz CT molecular complexity index is 198. The minimum atomic E-state index is -0.632. The maximum atomic E-state index is 10.1. The highest BCUT2D eigenvalue weighted by molar-refractivity contribution is 4.79. The summed E-state index contributed by atoms with van der Waals surface area (Å²) in [6.45, 7) is 3.49. The van der Waals surface area contributed by atoms with Crippen molar-refractivity contribution in [2.45, 2.75) is 69.9 Å². The molecule has 3 nitrogen and oxygen atoms in total. The van der Waals surface area contributed by atoms with E-state index in [1.54, 1.807) is 0 Å². The Morgan fingerprint density at radius 3 is 2.47 bits per heavy atom. The first kappa shape index (κ1) is 14.9. The Hall–Kier alpha value is -0.120. The highest BCUT2D eigenvalue weighted by Gasteiger charge is 2.23. The molecule has 0 aromatic carbocycles. The minimum absolute atomic E-state index is 0.386. The number of aliphatic hydroxyl groups is 1. The van der Waals surface area contributed by atoms with Crippen LogP contribution in [0.3, 0.4) is 0 Å². The van der Waals surface area contributed by atoms with Gasteiger partial charge in [-0.3, -0.25) is 0 Å². The number of rotatable bonds is 7. The van der Waals surface area contributed by atoms with Gasteiger partial charge in [-0.25, -0.2) is 0 Å². The first-order valence-electron chi connectivity index (χ1n) is 7.24. The molecule has 17 heavy (non-hydrogen) atoms. The molecule has 1 saturated carbocycles. The van der Waals surface area contributed by atoms with Crippen molar-refractivity contribution in [3.8, 4) is 0 Å². The first-order chi connectivity index (χ1) is 8.11. The van der Waals surface area contributed by atoms with E-state index in [0.717, 1.165) is 31.8 Å². The fraction of sp³-hybridized carbons (Fsp3) is 1.00. The molecule has 1 unspecified atom stereocenters. The lowest BCUT2D eigenvalue weighted by molar-refractivity contribution is 0.0305. The van der Waals surface area contributed by atoms with E-state index in [4.69, 9.17) is 5.73 Å². The topological polar surface area (TPSA) is 49.5 Å². The maximum Gasteiger partial charge on any atom is 0.0767 e. The standard InChI is InChI=1S/C14H30N2O/c1-3-14(17,12-15)10-7-11-16(2)13-8-5-4-6-9-13/h13,17H,3-12,15H2,1-2H3. The summed E-state index contributed by atoms with van der Waals surface area (Å²) in [5.74, 6) is 0. The van der Waals surface area contributed by atoms with E-state index >= 15 is 0 Å². The molecule has 0 aromatic rings. The number of hydrogen-bond acceptors (Lipinski definition) is 3. The van der Waals surface area contributed by atoms with Crippen LogP contribution in [0.4, 0.5) is 0 Å². The molecule has 3 heteroatoms. The van der Waals surface area contributed by atoms with Gasteiger partial charge in [0.25, 0.3) is 0 Å². The smallest absolute Gasteiger partial charge is 0.0767 e. The van der Waals surface area contributed by atoms with Crippen LogP contribution in [-0.4, -0.2) is 41.8 Å². The van der Waals surface area contributed by atoms with Gasteiger partial charge in [0, 0.05) is 12.6 Å². The summed E-state index contributed by atoms with van der Waals surface area (Å²) in [6.07, 6.45) is 9.53. The zero-order valence-corrected chi connectivity index (χ0v) is 11.6. The molecule has 1 rings (SSSR count). The van der Waals surface area contributed by atoms with Gasteiger partial charge < -0.3 is 15.7 Å². The molecular formula is C14H30N2O. The number of hydrogen-bond donors (Lipinski definition) is 2. The molecule has 1 aliphatic rings. The van der Waals surface area contributed by atoms with Gasteiger partial charge in [-0.15, -0.1) is 0 Å². The van der Waals surface area contributed by atoms with Gasteiger partial charge in [0.2, 0.25) is 0 Å². The Morgan fingerprint density at radius 1 is 1.29 bits per heavy atom. The molecule has 0 spiro atoms. The predicted octanol–water partition coefficient (Wildman–Crippen LogP) is 2.13. The van der Waals surface area contributed by atoms with Crippen LogP contribution < -0.4 is 5.73 Å². The Kier molecular flexibility index (Phi) is 6.45. The molecule has 0 saturated heterocycles. The zero-order chi connectivity index (χ0) is 12.7. The van der Waals surface area contributed by atoms with Crippen molar-refractivity contribution in [2.24, 2.45) is 5.73 Å². The average Bonchev–Trinajstić information content (AvgIpc) is 2.39. The van der Waals surface area contributed by atoms with Gasteiger partial charge in [0.15, 0.2) is 0 Å². The highest BCUT2D eigenvalue weighted by Crippen LogP contribution is 2.22. The van der Waals surface area contributed by atoms with E-state index in [0.29, 0.717) is 6.54 Å².